The van der Waals surface area contributed by atoms with E-state index >= 15 is 0 Å². The third-order valence-corrected chi connectivity index (χ3v) is 5.01. The molecule has 32 heavy (non-hydrogen) atoms. The average Bonchev–Trinajstić information content (AvgIpc) is 2.78. The van der Waals surface area contributed by atoms with E-state index in [-0.39, 0.29) is 6.61 Å². The Labute approximate surface area is 192 Å². The summed E-state index contributed by atoms with van der Waals surface area (Å²) in [5, 5.41) is 3.40. The SMILES string of the molecule is Cc1ccc(NC(=O)COC(=O)C=Cc2ccc(OCc3ccccc3Cl)cc2)c(C)c1. The second-order valence-corrected chi connectivity index (χ2v) is 7.66. The highest BCUT2D eigenvalue weighted by molar-refractivity contribution is 6.31. The summed E-state index contributed by atoms with van der Waals surface area (Å²) in [6, 6.07) is 20.5. The van der Waals surface area contributed by atoms with Gasteiger partial charge in [-0.1, -0.05) is 59.6 Å². The maximum absolute atomic E-state index is 12.0. The third-order valence-electron chi connectivity index (χ3n) is 4.65. The monoisotopic (exact) mass is 449 g/mol. The van der Waals surface area contributed by atoms with Crippen LogP contribution in [-0.2, 0) is 20.9 Å². The molecule has 0 saturated carbocycles. The predicted molar refractivity (Wildman–Crippen MR) is 127 cm³/mol. The summed E-state index contributed by atoms with van der Waals surface area (Å²) in [6.45, 7) is 3.90. The van der Waals surface area contributed by atoms with Crippen LogP contribution in [0.4, 0.5) is 5.69 Å². The molecule has 0 atom stereocenters. The van der Waals surface area contributed by atoms with Crippen molar-refractivity contribution in [3.8, 4) is 5.75 Å². The van der Waals surface area contributed by atoms with Gasteiger partial charge >= 0.3 is 5.97 Å². The van der Waals surface area contributed by atoms with Crippen LogP contribution in [0.1, 0.15) is 22.3 Å². The zero-order chi connectivity index (χ0) is 22.9. The lowest BCUT2D eigenvalue weighted by Gasteiger charge is -2.09. The van der Waals surface area contributed by atoms with Crippen LogP contribution in [0.3, 0.4) is 0 Å². The van der Waals surface area contributed by atoms with Crippen LogP contribution in [-0.4, -0.2) is 18.5 Å². The molecule has 0 fully saturated rings. The predicted octanol–water partition coefficient (Wildman–Crippen LogP) is 5.73. The molecule has 3 aromatic carbocycles. The minimum absolute atomic E-state index is 0.356. The summed E-state index contributed by atoms with van der Waals surface area (Å²) in [4.78, 5) is 23.9. The van der Waals surface area contributed by atoms with Crippen LogP contribution in [0.2, 0.25) is 5.02 Å². The number of aryl methyl sites for hydroxylation is 2. The number of ether oxygens (including phenoxy) is 2. The number of carbonyl (C=O) groups excluding carboxylic acids is 2. The molecule has 1 amide bonds. The van der Waals surface area contributed by atoms with Crippen LogP contribution in [0.5, 0.6) is 5.75 Å². The lowest BCUT2D eigenvalue weighted by molar-refractivity contribution is -0.142. The summed E-state index contributed by atoms with van der Waals surface area (Å²) in [7, 11) is 0. The zero-order valence-electron chi connectivity index (χ0n) is 17.9. The molecular weight excluding hydrogens is 426 g/mol. The first-order chi connectivity index (χ1) is 15.4. The van der Waals surface area contributed by atoms with Crippen molar-refractivity contribution in [3.05, 3.63) is 100 Å². The molecule has 0 aliphatic heterocycles. The highest BCUT2D eigenvalue weighted by atomic mass is 35.5. The standard InChI is InChI=1S/C26H24ClNO4/c1-18-7-13-24(19(2)15-18)28-25(29)17-32-26(30)14-10-20-8-11-22(12-9-20)31-16-21-5-3-4-6-23(21)27/h3-15H,16-17H2,1-2H3,(H,28,29). The van der Waals surface area contributed by atoms with Crippen molar-refractivity contribution in [2.45, 2.75) is 20.5 Å². The van der Waals surface area contributed by atoms with E-state index < -0.39 is 11.9 Å². The van der Waals surface area contributed by atoms with Gasteiger partial charge in [-0.15, -0.1) is 0 Å². The molecule has 5 nitrogen and oxygen atoms in total. The number of carbonyl (C=O) groups is 2. The Morgan fingerprint density at radius 2 is 1.75 bits per heavy atom. The number of benzene rings is 3. The molecule has 6 heteroatoms. The van der Waals surface area contributed by atoms with Crippen LogP contribution < -0.4 is 10.1 Å². The number of hydrogen-bond donors (Lipinski definition) is 1. The Hall–Kier alpha value is -3.57. The summed E-state index contributed by atoms with van der Waals surface area (Å²) in [5.74, 6) is -0.300. The molecule has 1 N–H and O–H groups in total. The molecule has 0 aliphatic rings. The van der Waals surface area contributed by atoms with Gasteiger partial charge in [0, 0.05) is 22.3 Å². The summed E-state index contributed by atoms with van der Waals surface area (Å²) < 4.78 is 10.7. The second-order valence-electron chi connectivity index (χ2n) is 7.26. The molecule has 0 saturated heterocycles. The van der Waals surface area contributed by atoms with Crippen molar-refractivity contribution in [3.63, 3.8) is 0 Å². The van der Waals surface area contributed by atoms with Crippen molar-refractivity contribution < 1.29 is 19.1 Å². The fourth-order valence-electron chi connectivity index (χ4n) is 2.94. The Morgan fingerprint density at radius 1 is 1.00 bits per heavy atom. The highest BCUT2D eigenvalue weighted by Crippen LogP contribution is 2.19. The molecule has 3 aromatic rings. The first kappa shape index (κ1) is 23.1. The molecule has 0 spiro atoms. The minimum Gasteiger partial charge on any atom is -0.489 e. The molecule has 0 unspecified atom stereocenters. The smallest absolute Gasteiger partial charge is 0.331 e. The number of amides is 1. The first-order valence-corrected chi connectivity index (χ1v) is 10.5. The number of esters is 1. The van der Waals surface area contributed by atoms with Crippen LogP contribution >= 0.6 is 11.6 Å². The zero-order valence-corrected chi connectivity index (χ0v) is 18.7. The van der Waals surface area contributed by atoms with Crippen LogP contribution in [0, 0.1) is 13.8 Å². The fraction of sp³-hybridized carbons (Fsp3) is 0.154. The molecule has 0 aliphatic carbocycles. The first-order valence-electron chi connectivity index (χ1n) is 10.1. The molecule has 164 valence electrons. The van der Waals surface area contributed by atoms with Gasteiger partial charge in [-0.25, -0.2) is 4.79 Å². The van der Waals surface area contributed by atoms with E-state index in [1.54, 1.807) is 18.2 Å². The Balaban J connectivity index is 1.44. The fourth-order valence-corrected chi connectivity index (χ4v) is 3.13. The van der Waals surface area contributed by atoms with Crippen LogP contribution in [0.25, 0.3) is 6.08 Å². The van der Waals surface area contributed by atoms with E-state index in [9.17, 15) is 9.59 Å². The van der Waals surface area contributed by atoms with Crippen molar-refractivity contribution in [1.82, 2.24) is 0 Å². The topological polar surface area (TPSA) is 64.6 Å². The van der Waals surface area contributed by atoms with Gasteiger partial charge in [0.15, 0.2) is 6.61 Å². The van der Waals surface area contributed by atoms with Crippen molar-refractivity contribution in [2.24, 2.45) is 0 Å². The Bertz CT molecular complexity index is 1120. The normalized spacial score (nSPS) is 10.7. The molecule has 0 bridgehead atoms. The average molecular weight is 450 g/mol. The molecule has 0 radical (unpaired) electrons. The van der Waals surface area contributed by atoms with Crippen molar-refractivity contribution in [1.29, 1.82) is 0 Å². The number of rotatable bonds is 8. The largest absolute Gasteiger partial charge is 0.489 e. The molecular formula is C26H24ClNO4. The number of hydrogen-bond acceptors (Lipinski definition) is 4. The quantitative estimate of drug-likeness (QED) is 0.352. The van der Waals surface area contributed by atoms with Gasteiger partial charge in [0.1, 0.15) is 12.4 Å². The lowest BCUT2D eigenvalue weighted by Crippen LogP contribution is -2.20. The highest BCUT2D eigenvalue weighted by Gasteiger charge is 2.07. The maximum atomic E-state index is 12.0. The van der Waals surface area contributed by atoms with Gasteiger partial charge < -0.3 is 14.8 Å². The summed E-state index contributed by atoms with van der Waals surface area (Å²) >= 11 is 6.13. The van der Waals surface area contributed by atoms with Crippen molar-refractivity contribution >= 4 is 35.2 Å². The van der Waals surface area contributed by atoms with E-state index in [1.807, 2.05) is 68.4 Å². The Morgan fingerprint density at radius 3 is 2.47 bits per heavy atom. The van der Waals surface area contributed by atoms with E-state index in [0.717, 1.165) is 22.3 Å². The summed E-state index contributed by atoms with van der Waals surface area (Å²) in [5.41, 5.74) is 4.46. The van der Waals surface area contributed by atoms with E-state index in [2.05, 4.69) is 5.32 Å². The van der Waals surface area contributed by atoms with E-state index in [4.69, 9.17) is 21.1 Å². The van der Waals surface area contributed by atoms with Gasteiger partial charge in [0.05, 0.1) is 0 Å². The molecule has 3 rings (SSSR count). The van der Waals surface area contributed by atoms with Gasteiger partial charge in [-0.2, -0.15) is 0 Å². The van der Waals surface area contributed by atoms with Gasteiger partial charge in [-0.05, 0) is 55.3 Å². The lowest BCUT2D eigenvalue weighted by atomic mass is 10.1. The minimum atomic E-state index is -0.597. The Kier molecular flexibility index (Phi) is 8.06. The number of nitrogens with one attached hydrogen (secondary N) is 1. The third kappa shape index (κ3) is 7.00. The van der Waals surface area contributed by atoms with Gasteiger partial charge in [-0.3, -0.25) is 4.79 Å². The number of halogens is 1. The van der Waals surface area contributed by atoms with E-state index in [1.165, 1.54) is 6.08 Å². The van der Waals surface area contributed by atoms with Gasteiger partial charge in [0.2, 0.25) is 0 Å². The molecule has 0 heterocycles. The summed E-state index contributed by atoms with van der Waals surface area (Å²) in [6.07, 6.45) is 2.90. The van der Waals surface area contributed by atoms with Gasteiger partial charge in [0.25, 0.3) is 5.91 Å². The number of anilines is 1. The van der Waals surface area contributed by atoms with E-state index in [0.29, 0.717) is 23.1 Å². The van der Waals surface area contributed by atoms with Crippen molar-refractivity contribution in [2.75, 3.05) is 11.9 Å². The second kappa shape index (κ2) is 11.2. The maximum Gasteiger partial charge on any atom is 0.331 e. The molecule has 0 aromatic heterocycles. The van der Waals surface area contributed by atoms with Crippen LogP contribution in [0.15, 0.2) is 72.8 Å².